The summed E-state index contributed by atoms with van der Waals surface area (Å²) in [6.45, 7) is 1.34. The lowest BCUT2D eigenvalue weighted by Gasteiger charge is -2.13. The standard InChI is InChI=1S/C13H18N2O5/c1-8(16)11-5-4-9(15(11)2)6-12(17)14-10(7-20-3)13(18)19/h4-5,10H,6-7H2,1-3H3,(H,14,17)(H,18,19). The van der Waals surface area contributed by atoms with Crippen LogP contribution in [0.15, 0.2) is 12.1 Å². The highest BCUT2D eigenvalue weighted by atomic mass is 16.5. The molecule has 7 heteroatoms. The zero-order chi connectivity index (χ0) is 15.3. The van der Waals surface area contributed by atoms with Gasteiger partial charge in [-0.25, -0.2) is 4.79 Å². The maximum Gasteiger partial charge on any atom is 0.328 e. The van der Waals surface area contributed by atoms with Gasteiger partial charge in [0.2, 0.25) is 5.91 Å². The fraction of sp³-hybridized carbons (Fsp3) is 0.462. The first-order valence-corrected chi connectivity index (χ1v) is 6.03. The lowest BCUT2D eigenvalue weighted by atomic mass is 10.2. The summed E-state index contributed by atoms with van der Waals surface area (Å²) in [5, 5.41) is 11.3. The molecule has 0 saturated heterocycles. The fourth-order valence-corrected chi connectivity index (χ4v) is 1.84. The van der Waals surface area contributed by atoms with Crippen molar-refractivity contribution in [3.63, 3.8) is 0 Å². The van der Waals surface area contributed by atoms with Crippen LogP contribution in [0, 0.1) is 0 Å². The summed E-state index contributed by atoms with van der Waals surface area (Å²) in [6.07, 6.45) is -0.00270. The predicted molar refractivity (Wildman–Crippen MR) is 70.6 cm³/mol. The second-order valence-electron chi connectivity index (χ2n) is 4.42. The zero-order valence-corrected chi connectivity index (χ0v) is 11.7. The van der Waals surface area contributed by atoms with Crippen LogP contribution in [0.3, 0.4) is 0 Å². The highest BCUT2D eigenvalue weighted by Gasteiger charge is 2.20. The Morgan fingerprint density at radius 3 is 2.50 bits per heavy atom. The topological polar surface area (TPSA) is 97.6 Å². The molecule has 7 nitrogen and oxygen atoms in total. The van der Waals surface area contributed by atoms with Gasteiger partial charge in [0.15, 0.2) is 11.8 Å². The van der Waals surface area contributed by atoms with E-state index >= 15 is 0 Å². The molecule has 0 aromatic carbocycles. The van der Waals surface area contributed by atoms with Crippen LogP contribution in [0.1, 0.15) is 23.1 Å². The number of aliphatic carboxylic acids is 1. The van der Waals surface area contributed by atoms with Crippen LogP contribution in [-0.2, 0) is 27.8 Å². The van der Waals surface area contributed by atoms with Gasteiger partial charge in [0.05, 0.1) is 18.7 Å². The van der Waals surface area contributed by atoms with E-state index in [9.17, 15) is 14.4 Å². The van der Waals surface area contributed by atoms with Crippen LogP contribution in [0.4, 0.5) is 0 Å². The number of rotatable bonds is 7. The summed E-state index contributed by atoms with van der Waals surface area (Å²) >= 11 is 0. The maximum absolute atomic E-state index is 11.8. The highest BCUT2D eigenvalue weighted by molar-refractivity contribution is 5.93. The lowest BCUT2D eigenvalue weighted by molar-refractivity contribution is -0.143. The molecule has 0 spiro atoms. The fourth-order valence-electron chi connectivity index (χ4n) is 1.84. The third kappa shape index (κ3) is 3.92. The number of nitrogens with zero attached hydrogens (tertiary/aromatic N) is 1. The summed E-state index contributed by atoms with van der Waals surface area (Å²) in [7, 11) is 3.04. The molecule has 0 bridgehead atoms. The van der Waals surface area contributed by atoms with Gasteiger partial charge in [-0.3, -0.25) is 9.59 Å². The van der Waals surface area contributed by atoms with Crippen LogP contribution < -0.4 is 5.32 Å². The van der Waals surface area contributed by atoms with E-state index in [4.69, 9.17) is 9.84 Å². The van der Waals surface area contributed by atoms with Gasteiger partial charge in [-0.15, -0.1) is 0 Å². The number of Topliss-reactive ketones (excluding diaryl/α,β-unsaturated/α-hetero) is 1. The summed E-state index contributed by atoms with van der Waals surface area (Å²) in [5.41, 5.74) is 1.13. The van der Waals surface area contributed by atoms with Crippen LogP contribution in [0.2, 0.25) is 0 Å². The van der Waals surface area contributed by atoms with E-state index in [0.29, 0.717) is 11.4 Å². The smallest absolute Gasteiger partial charge is 0.328 e. The number of hydrogen-bond acceptors (Lipinski definition) is 4. The number of carboxylic acid groups (broad SMARTS) is 1. The van der Waals surface area contributed by atoms with Crippen LogP contribution in [0.25, 0.3) is 0 Å². The molecule has 0 aliphatic heterocycles. The van der Waals surface area contributed by atoms with Crippen LogP contribution in [0.5, 0.6) is 0 Å². The van der Waals surface area contributed by atoms with Gasteiger partial charge >= 0.3 is 5.97 Å². The molecule has 1 amide bonds. The van der Waals surface area contributed by atoms with Crippen molar-refractivity contribution in [2.75, 3.05) is 13.7 Å². The quantitative estimate of drug-likeness (QED) is 0.685. The Bertz CT molecular complexity index is 521. The Labute approximate surface area is 116 Å². The molecule has 1 rings (SSSR count). The van der Waals surface area contributed by atoms with Gasteiger partial charge in [0.25, 0.3) is 0 Å². The molecule has 110 valence electrons. The number of carboxylic acids is 1. The molecule has 20 heavy (non-hydrogen) atoms. The Hall–Kier alpha value is -2.15. The predicted octanol–water partition coefficient (Wildman–Crippen LogP) is -0.0140. The van der Waals surface area contributed by atoms with Crippen molar-refractivity contribution < 1.29 is 24.2 Å². The Morgan fingerprint density at radius 1 is 1.40 bits per heavy atom. The van der Waals surface area contributed by atoms with E-state index in [1.54, 1.807) is 23.7 Å². The van der Waals surface area contributed by atoms with Crippen molar-refractivity contribution in [3.05, 3.63) is 23.5 Å². The Morgan fingerprint density at radius 2 is 2.05 bits per heavy atom. The maximum atomic E-state index is 11.8. The van der Waals surface area contributed by atoms with E-state index in [-0.39, 0.29) is 18.8 Å². The number of hydrogen-bond donors (Lipinski definition) is 2. The largest absolute Gasteiger partial charge is 0.480 e. The Kier molecular flexibility index (Phi) is 5.45. The van der Waals surface area contributed by atoms with E-state index in [1.165, 1.54) is 14.0 Å². The first-order valence-electron chi connectivity index (χ1n) is 6.03. The first-order chi connectivity index (χ1) is 9.36. The second kappa shape index (κ2) is 6.85. The highest BCUT2D eigenvalue weighted by Crippen LogP contribution is 2.08. The summed E-state index contributed by atoms with van der Waals surface area (Å²) in [4.78, 5) is 34.0. The number of ketones is 1. The molecule has 0 aliphatic rings. The van der Waals surface area contributed by atoms with Crippen molar-refractivity contribution in [1.82, 2.24) is 9.88 Å². The van der Waals surface area contributed by atoms with Gasteiger partial charge in [-0.1, -0.05) is 0 Å². The monoisotopic (exact) mass is 282 g/mol. The summed E-state index contributed by atoms with van der Waals surface area (Å²) < 4.78 is 6.35. The minimum absolute atomic E-state index is 0.00270. The van der Waals surface area contributed by atoms with E-state index in [1.807, 2.05) is 0 Å². The third-order valence-corrected chi connectivity index (χ3v) is 2.89. The molecule has 1 atom stereocenters. The lowest BCUT2D eigenvalue weighted by Crippen LogP contribution is -2.44. The van der Waals surface area contributed by atoms with Crippen LogP contribution in [-0.4, -0.2) is 47.1 Å². The molecular formula is C13H18N2O5. The molecule has 0 radical (unpaired) electrons. The van der Waals surface area contributed by atoms with E-state index in [2.05, 4.69) is 5.32 Å². The molecule has 0 fully saturated rings. The Balaban J connectivity index is 2.71. The van der Waals surface area contributed by atoms with Gasteiger partial charge in [-0.05, 0) is 12.1 Å². The van der Waals surface area contributed by atoms with Gasteiger partial charge in [0.1, 0.15) is 0 Å². The number of carbonyl (C=O) groups is 3. The molecular weight excluding hydrogens is 264 g/mol. The number of carbonyl (C=O) groups excluding carboxylic acids is 2. The summed E-state index contributed by atoms with van der Waals surface area (Å²) in [5.74, 6) is -1.69. The molecule has 0 aliphatic carbocycles. The molecule has 1 unspecified atom stereocenters. The van der Waals surface area contributed by atoms with Gasteiger partial charge in [-0.2, -0.15) is 0 Å². The van der Waals surface area contributed by atoms with Crippen molar-refractivity contribution in [1.29, 1.82) is 0 Å². The van der Waals surface area contributed by atoms with E-state index < -0.39 is 17.9 Å². The summed E-state index contributed by atoms with van der Waals surface area (Å²) in [6, 6.07) is 2.22. The molecule has 1 aromatic heterocycles. The number of ether oxygens (including phenoxy) is 1. The molecule has 2 N–H and O–H groups in total. The number of amides is 1. The van der Waals surface area contributed by atoms with Crippen molar-refractivity contribution in [2.24, 2.45) is 7.05 Å². The number of nitrogens with one attached hydrogen (secondary N) is 1. The molecule has 0 saturated carbocycles. The van der Waals surface area contributed by atoms with Crippen molar-refractivity contribution >= 4 is 17.7 Å². The normalized spacial score (nSPS) is 11.9. The van der Waals surface area contributed by atoms with Gasteiger partial charge in [0, 0.05) is 26.8 Å². The average Bonchev–Trinajstić information content (AvgIpc) is 2.70. The average molecular weight is 282 g/mol. The first kappa shape index (κ1) is 15.9. The van der Waals surface area contributed by atoms with Crippen LogP contribution >= 0.6 is 0 Å². The molecule has 1 heterocycles. The van der Waals surface area contributed by atoms with Crippen molar-refractivity contribution in [3.8, 4) is 0 Å². The third-order valence-electron chi connectivity index (χ3n) is 2.89. The minimum Gasteiger partial charge on any atom is -0.480 e. The minimum atomic E-state index is -1.16. The van der Waals surface area contributed by atoms with E-state index in [0.717, 1.165) is 0 Å². The molecule has 1 aromatic rings. The second-order valence-corrected chi connectivity index (χ2v) is 4.42. The number of aromatic nitrogens is 1. The zero-order valence-electron chi connectivity index (χ0n) is 11.7. The van der Waals surface area contributed by atoms with Gasteiger partial charge < -0.3 is 19.7 Å². The SMILES string of the molecule is COCC(NC(=O)Cc1ccc(C(C)=O)n1C)C(=O)O. The van der Waals surface area contributed by atoms with Crippen molar-refractivity contribution in [2.45, 2.75) is 19.4 Å². The number of methoxy groups -OCH3 is 1.